The van der Waals surface area contributed by atoms with Crippen LogP contribution in [0.1, 0.15) is 35.9 Å². The molecule has 2 N–H and O–H groups in total. The summed E-state index contributed by atoms with van der Waals surface area (Å²) in [5, 5.41) is 3.11. The van der Waals surface area contributed by atoms with Crippen molar-refractivity contribution in [3.05, 3.63) is 21.3 Å². The van der Waals surface area contributed by atoms with Crippen LogP contribution >= 0.6 is 22.9 Å². The highest BCUT2D eigenvalue weighted by atomic mass is 35.5. The number of carbonyl (C=O) groups is 1. The Morgan fingerprint density at radius 3 is 2.78 bits per heavy atom. The van der Waals surface area contributed by atoms with Gasteiger partial charge in [0.05, 0.1) is 28.8 Å². The molecular formula is C13H20ClN2OS+. The van der Waals surface area contributed by atoms with E-state index in [1.807, 2.05) is 0 Å². The number of halogens is 1. The number of carbonyl (C=O) groups excluding carboxylic acids is 1. The van der Waals surface area contributed by atoms with E-state index in [1.165, 1.54) is 37.4 Å². The Kier molecular flexibility index (Phi) is 5.03. The van der Waals surface area contributed by atoms with E-state index in [2.05, 4.69) is 12.2 Å². The summed E-state index contributed by atoms with van der Waals surface area (Å²) in [7, 11) is 0. The Morgan fingerprint density at radius 1 is 1.50 bits per heavy atom. The SMILES string of the molecule is CCC[NH+]1CCC(NC(=O)c2ccc(Cl)s2)CC1. The molecular weight excluding hydrogens is 268 g/mol. The normalized spacial score (nSPS) is 23.9. The van der Waals surface area contributed by atoms with Crippen molar-refractivity contribution in [3.63, 3.8) is 0 Å². The molecule has 1 aliphatic heterocycles. The molecule has 1 aromatic rings. The summed E-state index contributed by atoms with van der Waals surface area (Å²) in [5.41, 5.74) is 0. The van der Waals surface area contributed by atoms with Crippen molar-refractivity contribution in [3.8, 4) is 0 Å². The lowest BCUT2D eigenvalue weighted by Crippen LogP contribution is -3.13. The number of likely N-dealkylation sites (tertiary alicyclic amines) is 1. The second kappa shape index (κ2) is 6.55. The van der Waals surface area contributed by atoms with Crippen molar-refractivity contribution >= 4 is 28.8 Å². The predicted octanol–water partition coefficient (Wildman–Crippen LogP) is 1.59. The molecule has 0 saturated carbocycles. The van der Waals surface area contributed by atoms with Crippen LogP contribution in [0.5, 0.6) is 0 Å². The first-order chi connectivity index (χ1) is 8.69. The Hall–Kier alpha value is -0.580. The Morgan fingerprint density at radius 2 is 2.22 bits per heavy atom. The quantitative estimate of drug-likeness (QED) is 0.866. The van der Waals surface area contributed by atoms with Crippen LogP contribution < -0.4 is 10.2 Å². The molecule has 0 radical (unpaired) electrons. The number of thiophene rings is 1. The van der Waals surface area contributed by atoms with E-state index >= 15 is 0 Å². The number of amides is 1. The van der Waals surface area contributed by atoms with Crippen molar-refractivity contribution in [2.75, 3.05) is 19.6 Å². The van der Waals surface area contributed by atoms with Gasteiger partial charge in [0.25, 0.3) is 5.91 Å². The van der Waals surface area contributed by atoms with E-state index < -0.39 is 0 Å². The zero-order valence-corrected chi connectivity index (χ0v) is 12.2. The molecule has 2 heterocycles. The van der Waals surface area contributed by atoms with Crippen LogP contribution in [0.25, 0.3) is 0 Å². The molecule has 2 rings (SSSR count). The van der Waals surface area contributed by atoms with Crippen LogP contribution in [0.2, 0.25) is 4.34 Å². The van der Waals surface area contributed by atoms with Gasteiger partial charge in [0.2, 0.25) is 0 Å². The van der Waals surface area contributed by atoms with Gasteiger partial charge in [-0.1, -0.05) is 18.5 Å². The molecule has 0 bridgehead atoms. The topological polar surface area (TPSA) is 33.5 Å². The maximum atomic E-state index is 12.0. The predicted molar refractivity (Wildman–Crippen MR) is 75.7 cm³/mol. The van der Waals surface area contributed by atoms with E-state index in [1.54, 1.807) is 17.0 Å². The first-order valence-electron chi connectivity index (χ1n) is 6.58. The van der Waals surface area contributed by atoms with E-state index in [4.69, 9.17) is 11.6 Å². The molecule has 1 amide bonds. The largest absolute Gasteiger partial charge is 0.348 e. The lowest BCUT2D eigenvalue weighted by molar-refractivity contribution is -0.905. The molecule has 0 aromatic carbocycles. The number of hydrogen-bond acceptors (Lipinski definition) is 2. The van der Waals surface area contributed by atoms with Crippen molar-refractivity contribution in [2.45, 2.75) is 32.2 Å². The smallest absolute Gasteiger partial charge is 0.261 e. The van der Waals surface area contributed by atoms with E-state index in [9.17, 15) is 4.79 Å². The summed E-state index contributed by atoms with van der Waals surface area (Å²) in [5.74, 6) is 0.0239. The molecule has 1 aliphatic rings. The second-order valence-corrected chi connectivity index (χ2v) is 6.57. The van der Waals surface area contributed by atoms with Crippen LogP contribution in [0.3, 0.4) is 0 Å². The van der Waals surface area contributed by atoms with Gasteiger partial charge in [-0.25, -0.2) is 0 Å². The van der Waals surface area contributed by atoms with Crippen molar-refractivity contribution < 1.29 is 9.69 Å². The average Bonchev–Trinajstić information content (AvgIpc) is 2.79. The van der Waals surface area contributed by atoms with E-state index in [0.717, 1.165) is 12.8 Å². The summed E-state index contributed by atoms with van der Waals surface area (Å²) in [4.78, 5) is 14.3. The Labute approximate surface area is 117 Å². The van der Waals surface area contributed by atoms with Gasteiger partial charge in [-0.2, -0.15) is 0 Å². The number of hydrogen-bond donors (Lipinski definition) is 2. The Balaban J connectivity index is 1.79. The molecule has 3 nitrogen and oxygen atoms in total. The number of rotatable bonds is 4. The summed E-state index contributed by atoms with van der Waals surface area (Å²) in [6, 6.07) is 3.90. The maximum absolute atomic E-state index is 12.0. The fraction of sp³-hybridized carbons (Fsp3) is 0.615. The molecule has 1 fully saturated rings. The molecule has 1 aromatic heterocycles. The first-order valence-corrected chi connectivity index (χ1v) is 7.78. The minimum absolute atomic E-state index is 0.0239. The first kappa shape index (κ1) is 13.8. The lowest BCUT2D eigenvalue weighted by atomic mass is 10.0. The van der Waals surface area contributed by atoms with E-state index in [-0.39, 0.29) is 5.91 Å². The third-order valence-corrected chi connectivity index (χ3v) is 4.66. The van der Waals surface area contributed by atoms with Gasteiger partial charge < -0.3 is 10.2 Å². The minimum Gasteiger partial charge on any atom is -0.348 e. The van der Waals surface area contributed by atoms with E-state index in [0.29, 0.717) is 15.3 Å². The van der Waals surface area contributed by atoms with Crippen LogP contribution in [0.4, 0.5) is 0 Å². The summed E-state index contributed by atoms with van der Waals surface area (Å²) in [6.07, 6.45) is 3.40. The average molecular weight is 288 g/mol. The highest BCUT2D eigenvalue weighted by Crippen LogP contribution is 2.21. The van der Waals surface area contributed by atoms with Crippen LogP contribution in [-0.2, 0) is 0 Å². The molecule has 18 heavy (non-hydrogen) atoms. The molecule has 5 heteroatoms. The monoisotopic (exact) mass is 287 g/mol. The summed E-state index contributed by atoms with van der Waals surface area (Å²) >= 11 is 7.18. The zero-order chi connectivity index (χ0) is 13.0. The maximum Gasteiger partial charge on any atom is 0.261 e. The highest BCUT2D eigenvalue weighted by Gasteiger charge is 2.23. The van der Waals surface area contributed by atoms with Gasteiger partial charge in [0, 0.05) is 18.9 Å². The number of piperidine rings is 1. The van der Waals surface area contributed by atoms with Crippen molar-refractivity contribution in [1.82, 2.24) is 5.32 Å². The molecule has 0 aliphatic carbocycles. The fourth-order valence-corrected chi connectivity index (χ4v) is 3.41. The van der Waals surface area contributed by atoms with Crippen LogP contribution in [0, 0.1) is 0 Å². The van der Waals surface area contributed by atoms with Gasteiger partial charge in [-0.15, -0.1) is 11.3 Å². The van der Waals surface area contributed by atoms with Crippen LogP contribution in [-0.4, -0.2) is 31.6 Å². The fourth-order valence-electron chi connectivity index (χ4n) is 2.47. The zero-order valence-electron chi connectivity index (χ0n) is 10.7. The van der Waals surface area contributed by atoms with Gasteiger partial charge in [-0.3, -0.25) is 4.79 Å². The molecule has 100 valence electrons. The summed E-state index contributed by atoms with van der Waals surface area (Å²) < 4.78 is 0.669. The van der Waals surface area contributed by atoms with Gasteiger partial charge in [-0.05, 0) is 18.6 Å². The van der Waals surface area contributed by atoms with Crippen molar-refractivity contribution in [2.24, 2.45) is 0 Å². The standard InChI is InChI=1S/C13H19ClN2OS/c1-2-7-16-8-5-10(6-9-16)15-13(17)11-3-4-12(14)18-11/h3-4,10H,2,5-9H2,1H3,(H,15,17)/p+1. The number of nitrogens with one attached hydrogen (secondary N) is 2. The molecule has 0 spiro atoms. The molecule has 0 unspecified atom stereocenters. The number of quaternary nitrogens is 1. The van der Waals surface area contributed by atoms with Crippen molar-refractivity contribution in [1.29, 1.82) is 0 Å². The lowest BCUT2D eigenvalue weighted by Gasteiger charge is -2.29. The summed E-state index contributed by atoms with van der Waals surface area (Å²) in [6.45, 7) is 5.82. The second-order valence-electron chi connectivity index (χ2n) is 4.85. The molecule has 1 saturated heterocycles. The molecule has 0 atom stereocenters. The van der Waals surface area contributed by atoms with Crippen LogP contribution in [0.15, 0.2) is 12.1 Å². The van der Waals surface area contributed by atoms with Gasteiger partial charge >= 0.3 is 0 Å². The Bertz CT molecular complexity index is 399. The van der Waals surface area contributed by atoms with Gasteiger partial charge in [0.1, 0.15) is 0 Å². The third-order valence-electron chi connectivity index (χ3n) is 3.43. The highest BCUT2D eigenvalue weighted by molar-refractivity contribution is 7.17. The third kappa shape index (κ3) is 3.70. The van der Waals surface area contributed by atoms with Gasteiger partial charge in [0.15, 0.2) is 0 Å². The minimum atomic E-state index is 0.0239.